The number of nitrogens with one attached hydrogen (secondary N) is 2. The zero-order valence-corrected chi connectivity index (χ0v) is 13.5. The summed E-state index contributed by atoms with van der Waals surface area (Å²) in [5.41, 5.74) is 0.425. The van der Waals surface area contributed by atoms with Gasteiger partial charge in [0, 0.05) is 24.3 Å². The Morgan fingerprint density at radius 1 is 0.615 bits per heavy atom. The number of phenols is 2. The highest BCUT2D eigenvalue weighted by Crippen LogP contribution is 2.18. The summed E-state index contributed by atoms with van der Waals surface area (Å²) in [4.78, 5) is 10.4. The van der Waals surface area contributed by atoms with Crippen LogP contribution in [0.1, 0.15) is 0 Å². The number of hydrogen-bond donors (Lipinski definition) is 4. The maximum Gasteiger partial charge on any atom is 0.191 e. The molecule has 3 aromatic carbocycles. The molecule has 134 valence electrons. The van der Waals surface area contributed by atoms with Gasteiger partial charge in [-0.1, -0.05) is 12.1 Å². The van der Waals surface area contributed by atoms with Gasteiger partial charge in [-0.3, -0.25) is 0 Å². The van der Waals surface area contributed by atoms with Crippen molar-refractivity contribution < 1.29 is 30.3 Å². The summed E-state index contributed by atoms with van der Waals surface area (Å²) in [6, 6.07) is 17.5. The Labute approximate surface area is 148 Å². The van der Waals surface area contributed by atoms with E-state index in [0.29, 0.717) is 0 Å². The van der Waals surface area contributed by atoms with Crippen molar-refractivity contribution in [3.63, 3.8) is 0 Å². The predicted molar refractivity (Wildman–Crippen MR) is 91.9 cm³/mol. The van der Waals surface area contributed by atoms with E-state index in [9.17, 15) is 20.6 Å². The molecule has 0 saturated carbocycles. The van der Waals surface area contributed by atoms with Crippen molar-refractivity contribution >= 4 is 11.4 Å². The van der Waals surface area contributed by atoms with E-state index in [-0.39, 0.29) is 34.4 Å². The van der Waals surface area contributed by atoms with Crippen molar-refractivity contribution in [2.75, 3.05) is 0 Å². The van der Waals surface area contributed by atoms with E-state index in [1.165, 1.54) is 72.8 Å². The second kappa shape index (κ2) is 7.72. The van der Waals surface area contributed by atoms with Gasteiger partial charge in [0.05, 0.1) is 0 Å². The highest BCUT2D eigenvalue weighted by atomic mass is 16.9. The van der Waals surface area contributed by atoms with Crippen LogP contribution in [0.4, 0.5) is 11.4 Å². The number of phenolic OH excluding ortho intramolecular Hbond substituents is 2. The van der Waals surface area contributed by atoms with Crippen molar-refractivity contribution in [1.29, 1.82) is 0 Å². The van der Waals surface area contributed by atoms with Crippen LogP contribution in [0.25, 0.3) is 0 Å². The third kappa shape index (κ3) is 4.41. The van der Waals surface area contributed by atoms with Crippen molar-refractivity contribution in [3.05, 3.63) is 83.2 Å². The molecule has 2 atom stereocenters. The number of benzene rings is 3. The molecule has 0 aliphatic heterocycles. The lowest BCUT2D eigenvalue weighted by molar-refractivity contribution is -0.963. The van der Waals surface area contributed by atoms with Crippen LogP contribution in [-0.2, 0) is 0 Å². The lowest BCUT2D eigenvalue weighted by atomic mass is 10.3. The highest BCUT2D eigenvalue weighted by molar-refractivity contribution is 5.38. The fourth-order valence-electron chi connectivity index (χ4n) is 2.17. The number of rotatable bonds is 6. The van der Waals surface area contributed by atoms with E-state index in [1.54, 1.807) is 0 Å². The summed E-state index contributed by atoms with van der Waals surface area (Å²) in [6.07, 6.45) is 0. The Balaban J connectivity index is 1.63. The second-order valence-corrected chi connectivity index (χ2v) is 5.35. The van der Waals surface area contributed by atoms with E-state index in [4.69, 9.17) is 9.68 Å². The summed E-state index contributed by atoms with van der Waals surface area (Å²) >= 11 is 0. The molecule has 0 aliphatic rings. The van der Waals surface area contributed by atoms with Crippen LogP contribution < -0.4 is 20.1 Å². The van der Waals surface area contributed by atoms with E-state index in [2.05, 4.69) is 0 Å². The molecule has 3 rings (SSSR count). The third-order valence-corrected chi connectivity index (χ3v) is 3.41. The molecule has 26 heavy (non-hydrogen) atoms. The molecule has 0 saturated heterocycles. The fourth-order valence-corrected chi connectivity index (χ4v) is 2.17. The van der Waals surface area contributed by atoms with Crippen molar-refractivity contribution in [2.24, 2.45) is 0 Å². The minimum Gasteiger partial charge on any atom is -0.585 e. The van der Waals surface area contributed by atoms with Crippen LogP contribution in [-0.4, -0.2) is 10.2 Å². The van der Waals surface area contributed by atoms with Crippen molar-refractivity contribution in [1.82, 2.24) is 0 Å². The van der Waals surface area contributed by atoms with Gasteiger partial charge in [-0.25, -0.2) is 0 Å². The Morgan fingerprint density at radius 3 is 1.35 bits per heavy atom. The van der Waals surface area contributed by atoms with Gasteiger partial charge in [0.2, 0.25) is 0 Å². The normalized spacial score (nSPS) is 13.0. The Kier molecular flexibility index (Phi) is 5.20. The van der Waals surface area contributed by atoms with Crippen molar-refractivity contribution in [3.8, 4) is 23.0 Å². The van der Waals surface area contributed by atoms with Gasteiger partial charge in [0.1, 0.15) is 11.5 Å². The molecular formula is C18H16N2O6. The van der Waals surface area contributed by atoms with Crippen LogP contribution in [0.3, 0.4) is 0 Å². The average Bonchev–Trinajstić information content (AvgIpc) is 2.63. The first-order chi connectivity index (χ1) is 12.5. The molecule has 8 nitrogen and oxygen atoms in total. The van der Waals surface area contributed by atoms with Gasteiger partial charge in [0.15, 0.2) is 22.9 Å². The largest absolute Gasteiger partial charge is 0.585 e. The summed E-state index contributed by atoms with van der Waals surface area (Å²) in [5, 5.41) is 41.5. The quantitative estimate of drug-likeness (QED) is 0.492. The minimum atomic E-state index is -0.620. The van der Waals surface area contributed by atoms with E-state index < -0.39 is 10.5 Å². The zero-order chi connectivity index (χ0) is 18.5. The Bertz CT molecular complexity index is 799. The van der Waals surface area contributed by atoms with Gasteiger partial charge in [-0.2, -0.15) is 0 Å². The molecular weight excluding hydrogens is 340 g/mol. The summed E-state index contributed by atoms with van der Waals surface area (Å²) in [5.74, 6) is 0.452. The maximum atomic E-state index is 12.0. The molecule has 0 radical (unpaired) electrons. The van der Waals surface area contributed by atoms with Crippen LogP contribution in [0.2, 0.25) is 0 Å². The topological polar surface area (TPSA) is 114 Å². The van der Waals surface area contributed by atoms with E-state index >= 15 is 0 Å². The molecule has 0 spiro atoms. The van der Waals surface area contributed by atoms with Gasteiger partial charge in [-0.05, 0) is 36.4 Å². The SMILES string of the molecule is [O-][NH+](Oc1ccc(O[NH+]([O-])c2cccc(O)c2)cc1)c1cccc(O)c1. The molecule has 0 fully saturated rings. The molecule has 0 heterocycles. The molecule has 0 aromatic heterocycles. The van der Waals surface area contributed by atoms with Crippen LogP contribution in [0.5, 0.6) is 23.0 Å². The molecule has 4 N–H and O–H groups in total. The van der Waals surface area contributed by atoms with E-state index in [0.717, 1.165) is 0 Å². The smallest absolute Gasteiger partial charge is 0.191 e. The maximum absolute atomic E-state index is 12.0. The fraction of sp³-hybridized carbons (Fsp3) is 0. The summed E-state index contributed by atoms with van der Waals surface area (Å²) in [7, 11) is 0. The molecule has 2 unspecified atom stereocenters. The molecule has 0 amide bonds. The Hall–Kier alpha value is -3.30. The first-order valence-corrected chi connectivity index (χ1v) is 7.64. The minimum absolute atomic E-state index is 0.0336. The van der Waals surface area contributed by atoms with Crippen LogP contribution in [0.15, 0.2) is 72.8 Å². The van der Waals surface area contributed by atoms with Gasteiger partial charge >= 0.3 is 0 Å². The summed E-state index contributed by atoms with van der Waals surface area (Å²) in [6.45, 7) is 0. The average molecular weight is 356 g/mol. The molecule has 3 aromatic rings. The number of hydrogen-bond acceptors (Lipinski definition) is 6. The van der Waals surface area contributed by atoms with Gasteiger partial charge in [-0.15, -0.1) is 10.5 Å². The molecule has 0 aliphatic carbocycles. The second-order valence-electron chi connectivity index (χ2n) is 5.35. The Morgan fingerprint density at radius 2 is 1.00 bits per heavy atom. The molecule has 8 heteroatoms. The van der Waals surface area contributed by atoms with Gasteiger partial charge in [0.25, 0.3) is 0 Å². The highest BCUT2D eigenvalue weighted by Gasteiger charge is 2.09. The summed E-state index contributed by atoms with van der Waals surface area (Å²) < 4.78 is 0. The first-order valence-electron chi connectivity index (χ1n) is 7.64. The lowest BCUT2D eigenvalue weighted by Crippen LogP contribution is -3.04. The monoisotopic (exact) mass is 356 g/mol. The van der Waals surface area contributed by atoms with Crippen molar-refractivity contribution in [2.45, 2.75) is 0 Å². The van der Waals surface area contributed by atoms with Crippen LogP contribution >= 0.6 is 0 Å². The predicted octanol–water partition coefficient (Wildman–Crippen LogP) is 1.11. The zero-order valence-electron chi connectivity index (χ0n) is 13.5. The van der Waals surface area contributed by atoms with Gasteiger partial charge < -0.3 is 30.3 Å². The molecule has 0 bridgehead atoms. The number of aromatic hydroxyl groups is 2. The number of quaternary nitrogens is 2. The first kappa shape index (κ1) is 17.5. The van der Waals surface area contributed by atoms with E-state index in [1.807, 2.05) is 0 Å². The standard InChI is InChI=1S/C18H16N2O6/c21-15-5-1-3-13(11-15)19(23)25-17-7-9-18(10-8-17)26-20(24)14-4-2-6-16(22)12-14/h1-12,19-22H. The lowest BCUT2D eigenvalue weighted by Gasteiger charge is -2.21. The van der Waals surface area contributed by atoms with Crippen LogP contribution in [0, 0.1) is 10.4 Å². The third-order valence-electron chi connectivity index (χ3n) is 3.41.